The fourth-order valence-corrected chi connectivity index (χ4v) is 3.19. The van der Waals surface area contributed by atoms with Crippen LogP contribution in [0.1, 0.15) is 16.1 Å². The molecule has 2 heterocycles. The Bertz CT molecular complexity index is 790. The molecule has 3 rings (SSSR count). The molecule has 1 aliphatic heterocycles. The van der Waals surface area contributed by atoms with E-state index in [1.807, 2.05) is 0 Å². The molecule has 5 nitrogen and oxygen atoms in total. The van der Waals surface area contributed by atoms with Crippen molar-refractivity contribution in [2.75, 3.05) is 17.6 Å². The standard InChI is InChI=1S/C16H13F3N2O3S/c17-16(18,19)9-21(7-11-2-1-5-24-11)15(23)10-3-4-13-12(6-10)20-14(22)8-25-13/h1-6H,7-9H2,(H,20,22). The second kappa shape index (κ2) is 6.83. The largest absolute Gasteiger partial charge is 0.467 e. The molecule has 0 saturated carbocycles. The van der Waals surface area contributed by atoms with Crippen molar-refractivity contribution in [1.29, 1.82) is 0 Å². The number of halogens is 3. The normalized spacial score (nSPS) is 14.0. The van der Waals surface area contributed by atoms with Crippen LogP contribution in [0.4, 0.5) is 18.9 Å². The molecule has 1 aliphatic rings. The third-order valence-corrected chi connectivity index (χ3v) is 4.52. The fraction of sp³-hybridized carbons (Fsp3) is 0.250. The highest BCUT2D eigenvalue weighted by Gasteiger charge is 2.34. The van der Waals surface area contributed by atoms with Crippen LogP contribution in [0.15, 0.2) is 45.9 Å². The van der Waals surface area contributed by atoms with Crippen molar-refractivity contribution in [3.8, 4) is 0 Å². The van der Waals surface area contributed by atoms with Gasteiger partial charge in [-0.3, -0.25) is 9.59 Å². The summed E-state index contributed by atoms with van der Waals surface area (Å²) in [4.78, 5) is 25.5. The van der Waals surface area contributed by atoms with E-state index in [4.69, 9.17) is 4.42 Å². The van der Waals surface area contributed by atoms with Gasteiger partial charge in [-0.15, -0.1) is 11.8 Å². The number of hydrogen-bond donors (Lipinski definition) is 1. The van der Waals surface area contributed by atoms with E-state index in [1.165, 1.54) is 42.3 Å². The van der Waals surface area contributed by atoms with Gasteiger partial charge in [0.05, 0.1) is 24.2 Å². The van der Waals surface area contributed by atoms with Crippen molar-refractivity contribution in [1.82, 2.24) is 4.90 Å². The van der Waals surface area contributed by atoms with E-state index < -0.39 is 18.6 Å². The van der Waals surface area contributed by atoms with Crippen LogP contribution in [0.25, 0.3) is 0 Å². The summed E-state index contributed by atoms with van der Waals surface area (Å²) in [6.07, 6.45) is -3.21. The van der Waals surface area contributed by atoms with Gasteiger partial charge >= 0.3 is 6.18 Å². The van der Waals surface area contributed by atoms with Crippen molar-refractivity contribution in [3.63, 3.8) is 0 Å². The molecule has 0 saturated heterocycles. The van der Waals surface area contributed by atoms with Gasteiger partial charge in [-0.2, -0.15) is 13.2 Å². The van der Waals surface area contributed by atoms with Gasteiger partial charge in [0.15, 0.2) is 0 Å². The minimum Gasteiger partial charge on any atom is -0.467 e. The number of benzene rings is 1. The zero-order valence-electron chi connectivity index (χ0n) is 12.8. The van der Waals surface area contributed by atoms with Gasteiger partial charge in [0.2, 0.25) is 5.91 Å². The lowest BCUT2D eigenvalue weighted by Gasteiger charge is -2.24. The molecule has 0 fully saturated rings. The van der Waals surface area contributed by atoms with Gasteiger partial charge in [-0.25, -0.2) is 0 Å². The van der Waals surface area contributed by atoms with Crippen LogP contribution in [-0.4, -0.2) is 35.2 Å². The first-order valence-corrected chi connectivity index (χ1v) is 8.25. The Hall–Kier alpha value is -2.42. The number of carbonyl (C=O) groups excluding carboxylic acids is 2. The number of rotatable bonds is 4. The van der Waals surface area contributed by atoms with E-state index in [1.54, 1.807) is 6.07 Å². The number of hydrogen-bond acceptors (Lipinski definition) is 4. The highest BCUT2D eigenvalue weighted by molar-refractivity contribution is 8.00. The molecule has 2 amide bonds. The van der Waals surface area contributed by atoms with E-state index in [0.29, 0.717) is 10.6 Å². The molecular formula is C16H13F3N2O3S. The Balaban J connectivity index is 1.86. The predicted octanol–water partition coefficient (Wildman–Crippen LogP) is 3.53. The maximum Gasteiger partial charge on any atom is 0.406 e. The van der Waals surface area contributed by atoms with Gasteiger partial charge < -0.3 is 14.6 Å². The number of nitrogens with zero attached hydrogens (tertiary/aromatic N) is 1. The second-order valence-corrected chi connectivity index (χ2v) is 6.42. The molecule has 0 aliphatic carbocycles. The van der Waals surface area contributed by atoms with Crippen LogP contribution in [0.2, 0.25) is 0 Å². The van der Waals surface area contributed by atoms with Crippen LogP contribution < -0.4 is 5.32 Å². The summed E-state index contributed by atoms with van der Waals surface area (Å²) in [5.74, 6) is -0.496. The van der Waals surface area contributed by atoms with Crippen LogP contribution >= 0.6 is 11.8 Å². The molecular weight excluding hydrogens is 357 g/mol. The maximum atomic E-state index is 12.9. The fourth-order valence-electron chi connectivity index (χ4n) is 2.41. The summed E-state index contributed by atoms with van der Waals surface area (Å²) in [5, 5.41) is 2.62. The molecule has 25 heavy (non-hydrogen) atoms. The number of nitrogens with one attached hydrogen (secondary N) is 1. The highest BCUT2D eigenvalue weighted by Crippen LogP contribution is 2.32. The van der Waals surface area contributed by atoms with Gasteiger partial charge in [0.1, 0.15) is 12.3 Å². The SMILES string of the molecule is O=C1CSc2ccc(C(=O)N(Cc3ccco3)CC(F)(F)F)cc2N1. The summed E-state index contributed by atoms with van der Waals surface area (Å²) in [6.45, 7) is -1.70. The lowest BCUT2D eigenvalue weighted by atomic mass is 10.1. The number of amides is 2. The molecule has 1 aromatic carbocycles. The van der Waals surface area contributed by atoms with Crippen LogP contribution in [0, 0.1) is 0 Å². The first-order chi connectivity index (χ1) is 11.8. The number of fused-ring (bicyclic) bond motifs is 1. The lowest BCUT2D eigenvalue weighted by Crippen LogP contribution is -2.38. The first kappa shape index (κ1) is 17.4. The highest BCUT2D eigenvalue weighted by atomic mass is 32.2. The van der Waals surface area contributed by atoms with Crippen molar-refractivity contribution < 1.29 is 27.2 Å². The smallest absolute Gasteiger partial charge is 0.406 e. The van der Waals surface area contributed by atoms with E-state index in [9.17, 15) is 22.8 Å². The zero-order valence-corrected chi connectivity index (χ0v) is 13.6. The summed E-state index contributed by atoms with van der Waals surface area (Å²) in [7, 11) is 0. The monoisotopic (exact) mass is 370 g/mol. The van der Waals surface area contributed by atoms with Gasteiger partial charge in [0.25, 0.3) is 5.91 Å². The average Bonchev–Trinajstić information content (AvgIpc) is 3.04. The topological polar surface area (TPSA) is 62.6 Å². The Labute approximate surface area is 145 Å². The molecule has 0 radical (unpaired) electrons. The molecule has 0 unspecified atom stereocenters. The first-order valence-electron chi connectivity index (χ1n) is 7.27. The lowest BCUT2D eigenvalue weighted by molar-refractivity contribution is -0.142. The third kappa shape index (κ3) is 4.36. The third-order valence-electron chi connectivity index (χ3n) is 3.44. The number of alkyl halides is 3. The van der Waals surface area contributed by atoms with E-state index in [2.05, 4.69) is 5.32 Å². The number of furan rings is 1. The summed E-state index contributed by atoms with van der Waals surface area (Å²) >= 11 is 1.31. The van der Waals surface area contributed by atoms with Crippen molar-refractivity contribution >= 4 is 29.3 Å². The minimum absolute atomic E-state index is 0.0670. The quantitative estimate of drug-likeness (QED) is 0.894. The van der Waals surface area contributed by atoms with Crippen LogP contribution in [0.3, 0.4) is 0 Å². The molecule has 0 bridgehead atoms. The molecule has 2 aromatic rings. The van der Waals surface area contributed by atoms with Crippen molar-refractivity contribution in [2.45, 2.75) is 17.6 Å². The minimum atomic E-state index is -4.54. The summed E-state index contributed by atoms with van der Waals surface area (Å²) in [6, 6.07) is 7.51. The Morgan fingerprint density at radius 3 is 2.80 bits per heavy atom. The predicted molar refractivity (Wildman–Crippen MR) is 85.3 cm³/mol. The van der Waals surface area contributed by atoms with E-state index in [0.717, 1.165) is 4.90 Å². The Kier molecular flexibility index (Phi) is 4.76. The molecule has 1 aromatic heterocycles. The molecule has 0 spiro atoms. The van der Waals surface area contributed by atoms with Crippen LogP contribution in [0.5, 0.6) is 0 Å². The second-order valence-electron chi connectivity index (χ2n) is 5.40. The van der Waals surface area contributed by atoms with Gasteiger partial charge in [0, 0.05) is 10.5 Å². The summed E-state index contributed by atoms with van der Waals surface area (Å²) < 4.78 is 43.6. The molecule has 132 valence electrons. The maximum absolute atomic E-state index is 12.9. The molecule has 1 N–H and O–H groups in total. The Morgan fingerprint density at radius 2 is 2.12 bits per heavy atom. The molecule has 9 heteroatoms. The van der Waals surface area contributed by atoms with Gasteiger partial charge in [-0.05, 0) is 30.3 Å². The van der Waals surface area contributed by atoms with Gasteiger partial charge in [-0.1, -0.05) is 0 Å². The average molecular weight is 370 g/mol. The van der Waals surface area contributed by atoms with Crippen molar-refractivity contribution in [3.05, 3.63) is 47.9 Å². The number of thioether (sulfide) groups is 1. The van der Waals surface area contributed by atoms with Crippen molar-refractivity contribution in [2.24, 2.45) is 0 Å². The number of carbonyl (C=O) groups is 2. The molecule has 0 atom stereocenters. The van der Waals surface area contributed by atoms with E-state index >= 15 is 0 Å². The van der Waals surface area contributed by atoms with E-state index in [-0.39, 0.29) is 29.5 Å². The van der Waals surface area contributed by atoms with Crippen LogP contribution in [-0.2, 0) is 11.3 Å². The summed E-state index contributed by atoms with van der Waals surface area (Å²) in [5.41, 5.74) is 0.495. The number of anilines is 1. The zero-order chi connectivity index (χ0) is 18.0. The Morgan fingerprint density at radius 1 is 1.32 bits per heavy atom.